The van der Waals surface area contributed by atoms with Crippen LogP contribution in [0.2, 0.25) is 0 Å². The molecular weight excluding hydrogens is 130 g/mol. The van der Waals surface area contributed by atoms with Crippen molar-refractivity contribution in [3.63, 3.8) is 0 Å². The molecule has 0 unspecified atom stereocenters. The van der Waals surface area contributed by atoms with E-state index >= 15 is 0 Å². The van der Waals surface area contributed by atoms with Gasteiger partial charge in [0.15, 0.2) is 0 Å². The fourth-order valence-corrected chi connectivity index (χ4v) is 0.716. The minimum atomic E-state index is -0.302. The quantitative estimate of drug-likeness (QED) is 0.527. The molecule has 1 aliphatic heterocycles. The Morgan fingerprint density at radius 1 is 1.80 bits per heavy atom. The summed E-state index contributed by atoms with van der Waals surface area (Å²) in [5.74, 6) is -0.302. The number of carbonyl (C=O) groups excluding carboxylic acids is 1. The average Bonchev–Trinajstić information content (AvgIpc) is 2.05. The molecule has 3 nitrogen and oxygen atoms in total. The molecule has 1 rings (SSSR count). The largest absolute Gasteiger partial charge is 0.465 e. The molecule has 1 N–H and O–H groups in total. The average molecular weight is 139 g/mol. The highest BCUT2D eigenvalue weighted by Gasteiger charge is 2.06. The van der Waals surface area contributed by atoms with E-state index in [1.807, 2.05) is 6.08 Å². The first-order valence-electron chi connectivity index (χ1n) is 3.03. The van der Waals surface area contributed by atoms with E-state index < -0.39 is 0 Å². The molecule has 0 saturated carbocycles. The maximum absolute atomic E-state index is 10.8. The van der Waals surface area contributed by atoms with Crippen LogP contribution < -0.4 is 5.32 Å². The Labute approximate surface area is 59.4 Å². The van der Waals surface area contributed by atoms with Crippen LogP contribution >= 0.6 is 0 Å². The molecule has 10 heavy (non-hydrogen) atoms. The van der Waals surface area contributed by atoms with Crippen molar-refractivity contribution in [1.82, 2.24) is 5.32 Å². The van der Waals surface area contributed by atoms with E-state index in [9.17, 15) is 4.79 Å². The fraction of sp³-hybridized carbons (Fsp3) is 0.286. The number of rotatable bonds is 1. The van der Waals surface area contributed by atoms with Gasteiger partial charge in [-0.25, -0.2) is 4.79 Å². The molecule has 0 aromatic heterocycles. The van der Waals surface area contributed by atoms with Gasteiger partial charge in [-0.3, -0.25) is 0 Å². The molecule has 1 aliphatic rings. The second-order valence-electron chi connectivity index (χ2n) is 1.90. The Hall–Kier alpha value is -1.25. The SMILES string of the molecule is COC(=O)C1=CNCC=C1. The number of dihydropyridines is 1. The molecule has 0 spiro atoms. The monoisotopic (exact) mass is 139 g/mol. The van der Waals surface area contributed by atoms with Crippen LogP contribution in [-0.4, -0.2) is 19.6 Å². The van der Waals surface area contributed by atoms with Crippen molar-refractivity contribution in [2.24, 2.45) is 0 Å². The van der Waals surface area contributed by atoms with E-state index in [1.54, 1.807) is 12.3 Å². The number of esters is 1. The minimum Gasteiger partial charge on any atom is -0.465 e. The third-order valence-electron chi connectivity index (χ3n) is 1.21. The summed E-state index contributed by atoms with van der Waals surface area (Å²) in [7, 11) is 1.37. The summed E-state index contributed by atoms with van der Waals surface area (Å²) in [5, 5.41) is 2.90. The smallest absolute Gasteiger partial charge is 0.339 e. The molecule has 0 bridgehead atoms. The van der Waals surface area contributed by atoms with Gasteiger partial charge >= 0.3 is 5.97 Å². The second-order valence-corrected chi connectivity index (χ2v) is 1.90. The Morgan fingerprint density at radius 3 is 3.10 bits per heavy atom. The van der Waals surface area contributed by atoms with Gasteiger partial charge in [0.2, 0.25) is 0 Å². The molecule has 54 valence electrons. The van der Waals surface area contributed by atoms with Crippen LogP contribution in [0.5, 0.6) is 0 Å². The molecule has 1 heterocycles. The molecule has 0 aromatic rings. The Kier molecular flexibility index (Phi) is 2.10. The van der Waals surface area contributed by atoms with Crippen molar-refractivity contribution in [3.8, 4) is 0 Å². The van der Waals surface area contributed by atoms with E-state index in [0.29, 0.717) is 5.57 Å². The van der Waals surface area contributed by atoms with Gasteiger partial charge in [-0.1, -0.05) is 6.08 Å². The van der Waals surface area contributed by atoms with E-state index in [1.165, 1.54) is 7.11 Å². The van der Waals surface area contributed by atoms with Crippen molar-refractivity contribution in [3.05, 3.63) is 23.9 Å². The number of ether oxygens (including phenoxy) is 1. The Balaban J connectivity index is 2.63. The summed E-state index contributed by atoms with van der Waals surface area (Å²) in [6.07, 6.45) is 5.25. The molecule has 0 amide bonds. The lowest BCUT2D eigenvalue weighted by Crippen LogP contribution is -2.14. The summed E-state index contributed by atoms with van der Waals surface area (Å²) in [6.45, 7) is 0.778. The molecule has 0 atom stereocenters. The molecule has 0 aliphatic carbocycles. The highest BCUT2D eigenvalue weighted by Crippen LogP contribution is 2.00. The van der Waals surface area contributed by atoms with Gasteiger partial charge < -0.3 is 10.1 Å². The maximum Gasteiger partial charge on any atom is 0.339 e. The van der Waals surface area contributed by atoms with Crippen molar-refractivity contribution >= 4 is 5.97 Å². The zero-order valence-corrected chi connectivity index (χ0v) is 5.76. The van der Waals surface area contributed by atoms with Gasteiger partial charge in [-0.2, -0.15) is 0 Å². The fourth-order valence-electron chi connectivity index (χ4n) is 0.716. The third-order valence-corrected chi connectivity index (χ3v) is 1.21. The van der Waals surface area contributed by atoms with Gasteiger partial charge in [0.1, 0.15) is 0 Å². The van der Waals surface area contributed by atoms with Gasteiger partial charge in [0.25, 0.3) is 0 Å². The first-order valence-corrected chi connectivity index (χ1v) is 3.03. The molecule has 0 radical (unpaired) electrons. The molecule has 0 saturated heterocycles. The van der Waals surface area contributed by atoms with Gasteiger partial charge in [-0.15, -0.1) is 0 Å². The lowest BCUT2D eigenvalue weighted by molar-refractivity contribution is -0.135. The molecule has 3 heteroatoms. The van der Waals surface area contributed by atoms with Crippen molar-refractivity contribution in [2.75, 3.05) is 13.7 Å². The normalized spacial score (nSPS) is 15.5. The lowest BCUT2D eigenvalue weighted by Gasteiger charge is -2.05. The van der Waals surface area contributed by atoms with Crippen LogP contribution in [0, 0.1) is 0 Å². The Bertz CT molecular complexity index is 194. The number of methoxy groups -OCH3 is 1. The van der Waals surface area contributed by atoms with Crippen LogP contribution in [0.3, 0.4) is 0 Å². The van der Waals surface area contributed by atoms with Crippen LogP contribution in [0.4, 0.5) is 0 Å². The first kappa shape index (κ1) is 6.86. The zero-order valence-electron chi connectivity index (χ0n) is 5.76. The van der Waals surface area contributed by atoms with E-state index in [4.69, 9.17) is 0 Å². The van der Waals surface area contributed by atoms with Crippen LogP contribution in [0.1, 0.15) is 0 Å². The highest BCUT2D eigenvalue weighted by atomic mass is 16.5. The molecule has 0 fully saturated rings. The molecule has 0 aromatic carbocycles. The van der Waals surface area contributed by atoms with E-state index in [2.05, 4.69) is 10.1 Å². The van der Waals surface area contributed by atoms with E-state index in [0.717, 1.165) is 6.54 Å². The highest BCUT2D eigenvalue weighted by molar-refractivity contribution is 5.91. The third kappa shape index (κ3) is 1.37. The summed E-state index contributed by atoms with van der Waals surface area (Å²) >= 11 is 0. The van der Waals surface area contributed by atoms with Gasteiger partial charge in [0, 0.05) is 12.7 Å². The standard InChI is InChI=1S/C7H9NO2/c1-10-7(9)6-3-2-4-8-5-6/h2-3,5,8H,4H2,1H3. The maximum atomic E-state index is 10.8. The second kappa shape index (κ2) is 3.06. The lowest BCUT2D eigenvalue weighted by atomic mass is 10.2. The summed E-state index contributed by atoms with van der Waals surface area (Å²) in [6, 6.07) is 0. The Morgan fingerprint density at radius 2 is 2.60 bits per heavy atom. The first-order chi connectivity index (χ1) is 4.84. The van der Waals surface area contributed by atoms with Gasteiger partial charge in [-0.05, 0) is 6.08 Å². The van der Waals surface area contributed by atoms with Crippen LogP contribution in [0.25, 0.3) is 0 Å². The summed E-state index contributed by atoms with van der Waals surface area (Å²) in [5.41, 5.74) is 0.564. The number of hydrogen-bond acceptors (Lipinski definition) is 3. The van der Waals surface area contributed by atoms with E-state index in [-0.39, 0.29) is 5.97 Å². The van der Waals surface area contributed by atoms with Crippen LogP contribution in [0.15, 0.2) is 23.9 Å². The van der Waals surface area contributed by atoms with Crippen LogP contribution in [-0.2, 0) is 9.53 Å². The van der Waals surface area contributed by atoms with Crippen molar-refractivity contribution in [1.29, 1.82) is 0 Å². The molecular formula is C7H9NO2. The van der Waals surface area contributed by atoms with Crippen molar-refractivity contribution < 1.29 is 9.53 Å². The predicted molar refractivity (Wildman–Crippen MR) is 37.2 cm³/mol. The summed E-state index contributed by atoms with van der Waals surface area (Å²) in [4.78, 5) is 10.8. The number of carbonyl (C=O) groups is 1. The predicted octanol–water partition coefficient (Wildman–Crippen LogP) is 0.203. The minimum absolute atomic E-state index is 0.302. The van der Waals surface area contributed by atoms with Crippen molar-refractivity contribution in [2.45, 2.75) is 0 Å². The summed E-state index contributed by atoms with van der Waals surface area (Å²) < 4.78 is 4.49. The number of hydrogen-bond donors (Lipinski definition) is 1. The zero-order chi connectivity index (χ0) is 7.40. The topological polar surface area (TPSA) is 38.3 Å². The number of nitrogens with one attached hydrogen (secondary N) is 1. The van der Waals surface area contributed by atoms with Gasteiger partial charge in [0.05, 0.1) is 12.7 Å².